The fourth-order valence-corrected chi connectivity index (χ4v) is 4.76. The van der Waals surface area contributed by atoms with Crippen LogP contribution < -0.4 is 5.73 Å². The summed E-state index contributed by atoms with van der Waals surface area (Å²) in [7, 11) is -2.04. The number of nitrogens with two attached hydrogens (primary N) is 1. The van der Waals surface area contributed by atoms with Gasteiger partial charge in [-0.1, -0.05) is 11.6 Å². The molecule has 0 radical (unpaired) electrons. The van der Waals surface area contributed by atoms with Gasteiger partial charge in [-0.2, -0.15) is 4.31 Å². The van der Waals surface area contributed by atoms with Crippen molar-refractivity contribution in [3.05, 3.63) is 28.3 Å². The van der Waals surface area contributed by atoms with E-state index in [4.69, 9.17) is 22.1 Å². The van der Waals surface area contributed by atoms with Gasteiger partial charge in [0.1, 0.15) is 0 Å². The molecule has 1 aliphatic rings. The van der Waals surface area contributed by atoms with Crippen LogP contribution >= 0.6 is 11.6 Å². The maximum atomic E-state index is 12.9. The van der Waals surface area contributed by atoms with Gasteiger partial charge in [0.05, 0.1) is 17.0 Å². The SMILES string of the molecule is Cc1c(CN)cc(Cl)cc1S(=O)(=O)N(C)C1CCOC1C. The van der Waals surface area contributed by atoms with E-state index < -0.39 is 10.0 Å². The maximum Gasteiger partial charge on any atom is 0.243 e. The van der Waals surface area contributed by atoms with E-state index in [1.807, 2.05) is 6.92 Å². The van der Waals surface area contributed by atoms with Gasteiger partial charge in [-0.15, -0.1) is 0 Å². The van der Waals surface area contributed by atoms with Crippen molar-refractivity contribution < 1.29 is 13.2 Å². The van der Waals surface area contributed by atoms with Crippen LogP contribution in [0.1, 0.15) is 24.5 Å². The van der Waals surface area contributed by atoms with Crippen molar-refractivity contribution in [3.63, 3.8) is 0 Å². The topological polar surface area (TPSA) is 72.6 Å². The first kappa shape index (κ1) is 16.7. The largest absolute Gasteiger partial charge is 0.377 e. The number of nitrogens with zero attached hydrogens (tertiary/aromatic N) is 1. The molecular weight excluding hydrogens is 312 g/mol. The van der Waals surface area contributed by atoms with Crippen molar-refractivity contribution in [2.24, 2.45) is 5.73 Å². The molecule has 0 spiro atoms. The molecule has 0 aliphatic carbocycles. The Morgan fingerprint density at radius 3 is 2.67 bits per heavy atom. The highest BCUT2D eigenvalue weighted by atomic mass is 35.5. The second-order valence-electron chi connectivity index (χ2n) is 5.35. The molecule has 1 fully saturated rings. The number of hydrogen-bond acceptors (Lipinski definition) is 4. The summed E-state index contributed by atoms with van der Waals surface area (Å²) in [5.41, 5.74) is 7.06. The first-order chi connectivity index (χ1) is 9.78. The highest BCUT2D eigenvalue weighted by Crippen LogP contribution is 2.29. The Balaban J connectivity index is 2.46. The summed E-state index contributed by atoms with van der Waals surface area (Å²) in [6.07, 6.45) is 0.582. The van der Waals surface area contributed by atoms with Crippen LogP contribution in [0.4, 0.5) is 0 Å². The molecule has 1 saturated heterocycles. The van der Waals surface area contributed by atoms with Crippen LogP contribution in [0.3, 0.4) is 0 Å². The number of likely N-dealkylation sites (N-methyl/N-ethyl adjacent to an activating group) is 1. The van der Waals surface area contributed by atoms with Gasteiger partial charge in [-0.05, 0) is 43.5 Å². The molecule has 2 atom stereocenters. The lowest BCUT2D eigenvalue weighted by Crippen LogP contribution is -2.41. The van der Waals surface area contributed by atoms with Gasteiger partial charge in [0.25, 0.3) is 0 Å². The van der Waals surface area contributed by atoms with Gasteiger partial charge in [0.2, 0.25) is 10.0 Å². The fourth-order valence-electron chi connectivity index (χ4n) is 2.72. The molecule has 5 nitrogen and oxygen atoms in total. The summed E-state index contributed by atoms with van der Waals surface area (Å²) in [6.45, 7) is 4.48. The fraction of sp³-hybridized carbons (Fsp3) is 0.571. The molecular formula is C14H21ClN2O3S. The van der Waals surface area contributed by atoms with Crippen molar-refractivity contribution in [1.82, 2.24) is 4.31 Å². The smallest absolute Gasteiger partial charge is 0.243 e. The summed E-state index contributed by atoms with van der Waals surface area (Å²) in [6, 6.07) is 3.04. The molecule has 0 bridgehead atoms. The lowest BCUT2D eigenvalue weighted by atomic mass is 10.1. The van der Waals surface area contributed by atoms with Crippen molar-refractivity contribution in [3.8, 4) is 0 Å². The van der Waals surface area contributed by atoms with Crippen molar-refractivity contribution >= 4 is 21.6 Å². The zero-order chi connectivity index (χ0) is 15.8. The predicted octanol–water partition coefficient (Wildman–Crippen LogP) is 1.91. The van der Waals surface area contributed by atoms with Crippen LogP contribution in [0, 0.1) is 6.92 Å². The van der Waals surface area contributed by atoms with E-state index in [1.54, 1.807) is 20.0 Å². The molecule has 2 unspecified atom stereocenters. The number of rotatable bonds is 4. The Kier molecular flexibility index (Phi) is 4.95. The quantitative estimate of drug-likeness (QED) is 0.914. The molecule has 1 aromatic carbocycles. The van der Waals surface area contributed by atoms with Gasteiger partial charge >= 0.3 is 0 Å². The zero-order valence-corrected chi connectivity index (χ0v) is 14.0. The van der Waals surface area contributed by atoms with E-state index in [0.29, 0.717) is 23.6 Å². The van der Waals surface area contributed by atoms with Gasteiger partial charge in [-0.3, -0.25) is 0 Å². The standard InChI is InChI=1S/C14H21ClN2O3S/c1-9-11(8-16)6-12(15)7-14(9)21(18,19)17(3)13-4-5-20-10(13)2/h6-7,10,13H,4-5,8,16H2,1-3H3. The molecule has 2 rings (SSSR count). The second-order valence-corrected chi connectivity index (χ2v) is 7.75. The summed E-state index contributed by atoms with van der Waals surface area (Å²) < 4.78 is 32.6. The molecule has 0 aromatic heterocycles. The minimum atomic E-state index is -3.63. The lowest BCUT2D eigenvalue weighted by molar-refractivity contribution is 0.102. The van der Waals surface area contributed by atoms with Crippen molar-refractivity contribution in [2.45, 2.75) is 43.9 Å². The first-order valence-electron chi connectivity index (χ1n) is 6.87. The van der Waals surface area contributed by atoms with E-state index in [9.17, 15) is 8.42 Å². The van der Waals surface area contributed by atoms with E-state index in [0.717, 1.165) is 5.56 Å². The molecule has 118 valence electrons. The zero-order valence-electron chi connectivity index (χ0n) is 12.5. The van der Waals surface area contributed by atoms with Crippen molar-refractivity contribution in [1.29, 1.82) is 0 Å². The van der Waals surface area contributed by atoms with Crippen LogP contribution in [0.5, 0.6) is 0 Å². The van der Waals surface area contributed by atoms with Gasteiger partial charge < -0.3 is 10.5 Å². The Morgan fingerprint density at radius 2 is 2.14 bits per heavy atom. The van der Waals surface area contributed by atoms with Gasteiger partial charge in [0.15, 0.2) is 0 Å². The minimum Gasteiger partial charge on any atom is -0.377 e. The van der Waals surface area contributed by atoms with Gasteiger partial charge in [0, 0.05) is 25.2 Å². The minimum absolute atomic E-state index is 0.113. The molecule has 2 N–H and O–H groups in total. The third kappa shape index (κ3) is 3.10. The lowest BCUT2D eigenvalue weighted by Gasteiger charge is -2.27. The number of hydrogen-bond donors (Lipinski definition) is 1. The van der Waals surface area contributed by atoms with Crippen LogP contribution in [-0.2, 0) is 21.3 Å². The van der Waals surface area contributed by atoms with E-state index in [1.165, 1.54) is 10.4 Å². The van der Waals surface area contributed by atoms with Crippen molar-refractivity contribution in [2.75, 3.05) is 13.7 Å². The summed E-state index contributed by atoms with van der Waals surface area (Å²) >= 11 is 6.04. The number of benzene rings is 1. The highest BCUT2D eigenvalue weighted by molar-refractivity contribution is 7.89. The number of halogens is 1. The third-order valence-corrected chi connectivity index (χ3v) is 6.34. The molecule has 1 aromatic rings. The Hall–Kier alpha value is -0.660. The average molecular weight is 333 g/mol. The molecule has 0 amide bonds. The maximum absolute atomic E-state index is 12.9. The van der Waals surface area contributed by atoms with E-state index >= 15 is 0 Å². The number of ether oxygens (including phenoxy) is 1. The first-order valence-corrected chi connectivity index (χ1v) is 8.69. The molecule has 7 heteroatoms. The highest BCUT2D eigenvalue weighted by Gasteiger charge is 2.36. The van der Waals surface area contributed by atoms with Crippen LogP contribution in [0.2, 0.25) is 5.02 Å². The van der Waals surface area contributed by atoms with Gasteiger partial charge in [-0.25, -0.2) is 8.42 Å². The third-order valence-electron chi connectivity index (χ3n) is 4.11. The summed E-state index contributed by atoms with van der Waals surface area (Å²) in [5, 5.41) is 0.378. The monoisotopic (exact) mass is 332 g/mol. The van der Waals surface area contributed by atoms with Crippen LogP contribution in [-0.4, -0.2) is 38.5 Å². The normalized spacial score (nSPS) is 23.0. The van der Waals surface area contributed by atoms with Crippen LogP contribution in [0.15, 0.2) is 17.0 Å². The predicted molar refractivity (Wildman–Crippen MR) is 82.8 cm³/mol. The average Bonchev–Trinajstić information content (AvgIpc) is 2.85. The van der Waals surface area contributed by atoms with E-state index in [2.05, 4.69) is 0 Å². The summed E-state index contributed by atoms with van der Waals surface area (Å²) in [4.78, 5) is 0.219. The number of sulfonamides is 1. The second kappa shape index (κ2) is 6.22. The molecule has 1 heterocycles. The molecule has 1 aliphatic heterocycles. The molecule has 21 heavy (non-hydrogen) atoms. The Labute approximate surface area is 131 Å². The van der Waals surface area contributed by atoms with E-state index in [-0.39, 0.29) is 23.6 Å². The Bertz CT molecular complexity index is 633. The molecule has 0 saturated carbocycles. The summed E-state index contributed by atoms with van der Waals surface area (Å²) in [5.74, 6) is 0. The Morgan fingerprint density at radius 1 is 1.48 bits per heavy atom. The van der Waals surface area contributed by atoms with Crippen LogP contribution in [0.25, 0.3) is 0 Å².